The Bertz CT molecular complexity index is 805. The van der Waals surface area contributed by atoms with Gasteiger partial charge in [-0.25, -0.2) is 4.79 Å². The molecule has 0 spiro atoms. The number of benzene rings is 2. The molecule has 0 fully saturated rings. The van der Waals surface area contributed by atoms with Gasteiger partial charge >= 0.3 is 5.97 Å². The smallest absolute Gasteiger partial charge is 0.342 e. The summed E-state index contributed by atoms with van der Waals surface area (Å²) >= 11 is 5.83. The van der Waals surface area contributed by atoms with Crippen molar-refractivity contribution >= 4 is 29.2 Å². The van der Waals surface area contributed by atoms with E-state index in [-0.39, 0.29) is 17.2 Å². The number of hydrogen-bond acceptors (Lipinski definition) is 4. The van der Waals surface area contributed by atoms with E-state index >= 15 is 0 Å². The molecule has 1 aliphatic heterocycles. The second-order valence-corrected chi connectivity index (χ2v) is 6.01. The van der Waals surface area contributed by atoms with E-state index in [9.17, 15) is 14.7 Å². The van der Waals surface area contributed by atoms with Crippen molar-refractivity contribution in [2.75, 3.05) is 11.4 Å². The molecule has 1 N–H and O–H groups in total. The first kappa shape index (κ1) is 16.3. The molecule has 0 bridgehead atoms. The molecule has 0 aromatic heterocycles. The van der Waals surface area contributed by atoms with Crippen LogP contribution in [0.4, 0.5) is 5.69 Å². The monoisotopic (exact) mass is 345 g/mol. The zero-order chi connectivity index (χ0) is 17.3. The Balaban J connectivity index is 1.73. The number of para-hydroxylation sites is 1. The predicted octanol–water partition coefficient (Wildman–Crippen LogP) is 3.18. The number of esters is 1. The molecule has 6 heteroatoms. The van der Waals surface area contributed by atoms with Crippen molar-refractivity contribution in [3.05, 3.63) is 58.6 Å². The van der Waals surface area contributed by atoms with Crippen LogP contribution in [0.3, 0.4) is 0 Å². The van der Waals surface area contributed by atoms with Crippen LogP contribution in [0, 0.1) is 0 Å². The largest absolute Gasteiger partial charge is 0.507 e. The fourth-order valence-electron chi connectivity index (χ4n) is 2.73. The number of rotatable bonds is 3. The zero-order valence-corrected chi connectivity index (χ0v) is 13.8. The number of fused-ring (bicyclic) bond motifs is 1. The van der Waals surface area contributed by atoms with Crippen LogP contribution >= 0.6 is 11.6 Å². The number of halogens is 1. The van der Waals surface area contributed by atoms with Gasteiger partial charge in [-0.3, -0.25) is 4.79 Å². The lowest BCUT2D eigenvalue weighted by Crippen LogP contribution is -2.39. The summed E-state index contributed by atoms with van der Waals surface area (Å²) in [6.45, 7) is 2.07. The van der Waals surface area contributed by atoms with E-state index in [1.165, 1.54) is 25.1 Å². The maximum Gasteiger partial charge on any atom is 0.342 e. The van der Waals surface area contributed by atoms with Gasteiger partial charge in [0.2, 0.25) is 0 Å². The van der Waals surface area contributed by atoms with Crippen LogP contribution in [0.1, 0.15) is 22.8 Å². The Morgan fingerprint density at radius 1 is 1.25 bits per heavy atom. The van der Waals surface area contributed by atoms with Crippen molar-refractivity contribution in [2.45, 2.75) is 19.4 Å². The van der Waals surface area contributed by atoms with E-state index in [1.807, 2.05) is 24.3 Å². The molecule has 3 rings (SSSR count). The number of nitrogens with zero attached hydrogens (tertiary/aromatic N) is 1. The summed E-state index contributed by atoms with van der Waals surface area (Å²) in [4.78, 5) is 26.4. The number of amides is 1. The number of phenolic OH excluding ortho intramolecular Hbond substituents is 1. The van der Waals surface area contributed by atoms with Gasteiger partial charge in [-0.2, -0.15) is 0 Å². The highest BCUT2D eigenvalue weighted by Crippen LogP contribution is 2.28. The second kappa shape index (κ2) is 6.53. The summed E-state index contributed by atoms with van der Waals surface area (Å²) < 4.78 is 5.21. The van der Waals surface area contributed by atoms with Crippen molar-refractivity contribution in [3.8, 4) is 5.75 Å². The average molecular weight is 346 g/mol. The SMILES string of the molecule is CC(OC(=O)c1cc(Cl)ccc1O)C(=O)N1CCc2ccccc21. The number of phenols is 1. The Morgan fingerprint density at radius 2 is 2.00 bits per heavy atom. The Hall–Kier alpha value is -2.53. The van der Waals surface area contributed by atoms with Crippen molar-refractivity contribution in [1.82, 2.24) is 0 Å². The van der Waals surface area contributed by atoms with Gasteiger partial charge in [0.25, 0.3) is 5.91 Å². The van der Waals surface area contributed by atoms with Crippen molar-refractivity contribution < 1.29 is 19.4 Å². The number of aromatic hydroxyl groups is 1. The summed E-state index contributed by atoms with van der Waals surface area (Å²) in [7, 11) is 0. The van der Waals surface area contributed by atoms with Gasteiger partial charge in [0, 0.05) is 17.3 Å². The molecule has 1 heterocycles. The molecule has 24 heavy (non-hydrogen) atoms. The lowest BCUT2D eigenvalue weighted by molar-refractivity contribution is -0.126. The molecule has 5 nitrogen and oxygen atoms in total. The van der Waals surface area contributed by atoms with Gasteiger partial charge in [-0.15, -0.1) is 0 Å². The van der Waals surface area contributed by atoms with Gasteiger partial charge in [0.15, 0.2) is 6.10 Å². The van der Waals surface area contributed by atoms with Crippen LogP contribution < -0.4 is 4.90 Å². The zero-order valence-electron chi connectivity index (χ0n) is 13.0. The fourth-order valence-corrected chi connectivity index (χ4v) is 2.90. The molecule has 124 valence electrons. The summed E-state index contributed by atoms with van der Waals surface area (Å²) in [5.74, 6) is -1.33. The summed E-state index contributed by atoms with van der Waals surface area (Å²) in [6, 6.07) is 11.7. The van der Waals surface area contributed by atoms with Gasteiger partial charge < -0.3 is 14.7 Å². The van der Waals surface area contributed by atoms with Crippen molar-refractivity contribution in [2.24, 2.45) is 0 Å². The lowest BCUT2D eigenvalue weighted by atomic mass is 10.2. The highest BCUT2D eigenvalue weighted by molar-refractivity contribution is 6.31. The lowest BCUT2D eigenvalue weighted by Gasteiger charge is -2.21. The topological polar surface area (TPSA) is 66.8 Å². The molecule has 0 radical (unpaired) electrons. The number of ether oxygens (including phenoxy) is 1. The van der Waals surface area contributed by atoms with E-state index in [1.54, 1.807) is 4.90 Å². The highest BCUT2D eigenvalue weighted by Gasteiger charge is 2.30. The summed E-state index contributed by atoms with van der Waals surface area (Å²) in [5.41, 5.74) is 1.87. The standard InChI is InChI=1S/C18H16ClNO4/c1-11(24-18(23)14-10-13(19)6-7-16(14)21)17(22)20-9-8-12-4-2-3-5-15(12)20/h2-7,10-11,21H,8-9H2,1H3. The van der Waals surface area contributed by atoms with Crippen molar-refractivity contribution in [3.63, 3.8) is 0 Å². The maximum absolute atomic E-state index is 12.6. The van der Waals surface area contributed by atoms with Crippen LogP contribution in [0.5, 0.6) is 5.75 Å². The molecule has 0 saturated heterocycles. The second-order valence-electron chi connectivity index (χ2n) is 5.58. The third-order valence-corrected chi connectivity index (χ3v) is 4.20. The van der Waals surface area contributed by atoms with E-state index in [0.29, 0.717) is 11.6 Å². The average Bonchev–Trinajstić information content (AvgIpc) is 3.00. The van der Waals surface area contributed by atoms with Crippen LogP contribution in [0.15, 0.2) is 42.5 Å². The predicted molar refractivity (Wildman–Crippen MR) is 90.5 cm³/mol. The highest BCUT2D eigenvalue weighted by atomic mass is 35.5. The quantitative estimate of drug-likeness (QED) is 0.868. The molecule has 1 atom stereocenters. The minimum Gasteiger partial charge on any atom is -0.507 e. The third-order valence-electron chi connectivity index (χ3n) is 3.96. The van der Waals surface area contributed by atoms with Crippen LogP contribution in [0.25, 0.3) is 0 Å². The Kier molecular flexibility index (Phi) is 4.44. The molecular formula is C18H16ClNO4. The molecular weight excluding hydrogens is 330 g/mol. The summed E-state index contributed by atoms with van der Waals surface area (Å²) in [5, 5.41) is 10.0. The first-order valence-electron chi connectivity index (χ1n) is 7.56. The third kappa shape index (κ3) is 3.08. The van der Waals surface area contributed by atoms with E-state index in [0.717, 1.165) is 17.7 Å². The van der Waals surface area contributed by atoms with E-state index in [4.69, 9.17) is 16.3 Å². The fraction of sp³-hybridized carbons (Fsp3) is 0.222. The van der Waals surface area contributed by atoms with Crippen LogP contribution in [-0.4, -0.2) is 29.6 Å². The first-order chi connectivity index (χ1) is 11.5. The molecule has 2 aromatic carbocycles. The Morgan fingerprint density at radius 3 is 2.79 bits per heavy atom. The van der Waals surface area contributed by atoms with Crippen LogP contribution in [-0.2, 0) is 16.0 Å². The normalized spacial score (nSPS) is 14.2. The number of carbonyl (C=O) groups is 2. The minimum absolute atomic E-state index is 0.0658. The molecule has 0 aliphatic carbocycles. The summed E-state index contributed by atoms with van der Waals surface area (Å²) in [6.07, 6.45) is -0.195. The van der Waals surface area contributed by atoms with Gasteiger partial charge in [-0.1, -0.05) is 29.8 Å². The number of carbonyl (C=O) groups excluding carboxylic acids is 2. The van der Waals surface area contributed by atoms with Gasteiger partial charge in [0.05, 0.1) is 0 Å². The number of hydrogen-bond donors (Lipinski definition) is 1. The molecule has 1 aliphatic rings. The van der Waals surface area contributed by atoms with Crippen molar-refractivity contribution in [1.29, 1.82) is 0 Å². The molecule has 0 saturated carbocycles. The minimum atomic E-state index is -0.970. The maximum atomic E-state index is 12.6. The van der Waals surface area contributed by atoms with Crippen LogP contribution in [0.2, 0.25) is 5.02 Å². The molecule has 1 unspecified atom stereocenters. The Labute approximate surface area is 144 Å². The first-order valence-corrected chi connectivity index (χ1v) is 7.94. The number of anilines is 1. The van der Waals surface area contributed by atoms with E-state index < -0.39 is 12.1 Å². The van der Waals surface area contributed by atoms with Gasteiger partial charge in [0.1, 0.15) is 11.3 Å². The van der Waals surface area contributed by atoms with E-state index in [2.05, 4.69) is 0 Å². The molecule has 1 amide bonds. The van der Waals surface area contributed by atoms with Gasteiger partial charge in [-0.05, 0) is 43.2 Å². The molecule has 2 aromatic rings.